The van der Waals surface area contributed by atoms with Gasteiger partial charge in [0.1, 0.15) is 17.2 Å². The zero-order valence-electron chi connectivity index (χ0n) is 17.7. The summed E-state index contributed by atoms with van der Waals surface area (Å²) in [5, 5.41) is 18.0. The van der Waals surface area contributed by atoms with E-state index < -0.39 is 0 Å². The summed E-state index contributed by atoms with van der Waals surface area (Å²) in [6.45, 7) is 5.84. The van der Waals surface area contributed by atoms with Gasteiger partial charge in [0, 0.05) is 29.2 Å². The molecule has 0 aliphatic heterocycles. The topological polar surface area (TPSA) is 97.9 Å². The first kappa shape index (κ1) is 20.5. The first-order valence-corrected chi connectivity index (χ1v) is 9.92. The predicted molar refractivity (Wildman–Crippen MR) is 115 cm³/mol. The Morgan fingerprint density at radius 1 is 1.19 bits per heavy atom. The maximum absolute atomic E-state index is 13.7. The van der Waals surface area contributed by atoms with Gasteiger partial charge in [-0.05, 0) is 53.6 Å². The van der Waals surface area contributed by atoms with Gasteiger partial charge in [-0.3, -0.25) is 0 Å². The second kappa shape index (κ2) is 8.17. The van der Waals surface area contributed by atoms with Gasteiger partial charge in [0.2, 0.25) is 0 Å². The molecule has 0 unspecified atom stereocenters. The zero-order valence-corrected chi connectivity index (χ0v) is 17.7. The number of anilines is 1. The molecule has 2 amide bonds. The molecule has 0 saturated heterocycles. The molecule has 0 spiro atoms. The number of aromatic nitrogens is 4. The van der Waals surface area contributed by atoms with Crippen molar-refractivity contribution in [1.29, 1.82) is 0 Å². The third-order valence-electron chi connectivity index (χ3n) is 5.17. The number of rotatable bonds is 5. The van der Waals surface area contributed by atoms with Crippen molar-refractivity contribution in [3.63, 3.8) is 0 Å². The highest BCUT2D eigenvalue weighted by atomic mass is 19.1. The summed E-state index contributed by atoms with van der Waals surface area (Å²) in [7, 11) is 1.75. The molecular formula is C22H23FN6O2. The van der Waals surface area contributed by atoms with Crippen LogP contribution in [0.1, 0.15) is 31.2 Å². The quantitative estimate of drug-likeness (QED) is 0.490. The second-order valence-corrected chi connectivity index (χ2v) is 7.76. The normalized spacial score (nSPS) is 12.3. The van der Waals surface area contributed by atoms with Crippen LogP contribution in [0.25, 0.3) is 22.4 Å². The fourth-order valence-electron chi connectivity index (χ4n) is 3.56. The van der Waals surface area contributed by atoms with Crippen molar-refractivity contribution in [3.05, 3.63) is 59.6 Å². The molecule has 0 fully saturated rings. The third-order valence-corrected chi connectivity index (χ3v) is 5.17. The van der Waals surface area contributed by atoms with Crippen molar-refractivity contribution in [2.24, 2.45) is 13.0 Å². The van der Waals surface area contributed by atoms with Crippen molar-refractivity contribution in [2.75, 3.05) is 5.32 Å². The molecular weight excluding hydrogens is 399 g/mol. The zero-order chi connectivity index (χ0) is 22.1. The number of tetrazole rings is 1. The van der Waals surface area contributed by atoms with Crippen LogP contribution in [0, 0.1) is 18.7 Å². The summed E-state index contributed by atoms with van der Waals surface area (Å²) in [5.74, 6) is 0.928. The highest BCUT2D eigenvalue weighted by Crippen LogP contribution is 2.33. The van der Waals surface area contributed by atoms with Gasteiger partial charge in [0.05, 0.1) is 6.04 Å². The van der Waals surface area contributed by atoms with Gasteiger partial charge in [0.15, 0.2) is 5.82 Å². The van der Waals surface area contributed by atoms with Gasteiger partial charge < -0.3 is 15.1 Å². The average molecular weight is 422 g/mol. The SMILES string of the molecule is Cc1c([C@@H](NC(=O)Nc2cccc(-c3nnnn3C)c2)C(C)C)oc2ccc(F)cc12. The summed E-state index contributed by atoms with van der Waals surface area (Å²) in [6.07, 6.45) is 0. The van der Waals surface area contributed by atoms with Crippen LogP contribution in [0.5, 0.6) is 0 Å². The molecule has 4 aromatic rings. The van der Waals surface area contributed by atoms with Crippen LogP contribution in [-0.2, 0) is 7.05 Å². The number of aryl methyl sites for hydroxylation is 2. The Morgan fingerprint density at radius 3 is 2.71 bits per heavy atom. The molecule has 160 valence electrons. The summed E-state index contributed by atoms with van der Waals surface area (Å²) in [6, 6.07) is 10.9. The summed E-state index contributed by atoms with van der Waals surface area (Å²) >= 11 is 0. The van der Waals surface area contributed by atoms with Gasteiger partial charge in [0.25, 0.3) is 0 Å². The number of hydrogen-bond donors (Lipinski definition) is 2. The van der Waals surface area contributed by atoms with Crippen LogP contribution in [0.2, 0.25) is 0 Å². The first-order chi connectivity index (χ1) is 14.8. The van der Waals surface area contributed by atoms with Crippen molar-refractivity contribution in [2.45, 2.75) is 26.8 Å². The number of carbonyl (C=O) groups excluding carboxylic acids is 1. The molecule has 1 atom stereocenters. The highest BCUT2D eigenvalue weighted by Gasteiger charge is 2.25. The molecule has 0 aliphatic rings. The molecule has 0 saturated carbocycles. The molecule has 9 heteroatoms. The number of halogens is 1. The van der Waals surface area contributed by atoms with Crippen molar-refractivity contribution in [1.82, 2.24) is 25.5 Å². The van der Waals surface area contributed by atoms with E-state index >= 15 is 0 Å². The van der Waals surface area contributed by atoms with Crippen LogP contribution in [0.4, 0.5) is 14.9 Å². The number of urea groups is 1. The summed E-state index contributed by atoms with van der Waals surface area (Å²) < 4.78 is 21.2. The monoisotopic (exact) mass is 422 g/mol. The van der Waals surface area contributed by atoms with Gasteiger partial charge in [-0.15, -0.1) is 5.10 Å². The minimum atomic E-state index is -0.387. The van der Waals surface area contributed by atoms with Gasteiger partial charge in [-0.2, -0.15) is 0 Å². The molecule has 0 bridgehead atoms. The third kappa shape index (κ3) is 4.11. The standard InChI is InChI=1S/C22H23FN6O2/c1-12(2)19(20-13(3)17-11-15(23)8-9-18(17)31-20)25-22(30)24-16-7-5-6-14(10-16)21-26-27-28-29(21)4/h5-12,19H,1-4H3,(H2,24,25,30)/t19-/m0/s1. The Balaban J connectivity index is 1.55. The van der Waals surface area contributed by atoms with Crippen LogP contribution < -0.4 is 10.6 Å². The van der Waals surface area contributed by atoms with Crippen molar-refractivity contribution >= 4 is 22.7 Å². The van der Waals surface area contributed by atoms with Gasteiger partial charge >= 0.3 is 6.03 Å². The van der Waals surface area contributed by atoms with E-state index in [4.69, 9.17) is 4.42 Å². The number of furan rings is 1. The second-order valence-electron chi connectivity index (χ2n) is 7.76. The Morgan fingerprint density at radius 2 is 2.00 bits per heavy atom. The Bertz CT molecular complexity index is 1250. The fraction of sp³-hybridized carbons (Fsp3) is 0.273. The predicted octanol–water partition coefficient (Wildman–Crippen LogP) is 4.59. The largest absolute Gasteiger partial charge is 0.459 e. The maximum Gasteiger partial charge on any atom is 0.319 e. The van der Waals surface area contributed by atoms with Gasteiger partial charge in [-0.25, -0.2) is 13.9 Å². The molecule has 2 aromatic carbocycles. The van der Waals surface area contributed by atoms with E-state index in [9.17, 15) is 9.18 Å². The van der Waals surface area contributed by atoms with Crippen molar-refractivity contribution < 1.29 is 13.6 Å². The number of hydrogen-bond acceptors (Lipinski definition) is 5. The Kier molecular flexibility index (Phi) is 5.41. The average Bonchev–Trinajstić information content (AvgIpc) is 3.29. The van der Waals surface area contributed by atoms with Gasteiger partial charge in [-0.1, -0.05) is 26.0 Å². The molecule has 31 heavy (non-hydrogen) atoms. The fourth-order valence-corrected chi connectivity index (χ4v) is 3.56. The van der Waals surface area contributed by atoms with E-state index in [1.54, 1.807) is 29.9 Å². The Hall–Kier alpha value is -3.75. The lowest BCUT2D eigenvalue weighted by molar-refractivity contribution is 0.241. The molecule has 0 aliphatic carbocycles. The summed E-state index contributed by atoms with van der Waals surface area (Å²) in [5.41, 5.74) is 2.78. The van der Waals surface area contributed by atoms with E-state index in [0.717, 1.165) is 11.1 Å². The minimum absolute atomic E-state index is 0.0471. The number of fused-ring (bicyclic) bond motifs is 1. The number of amides is 2. The molecule has 2 N–H and O–H groups in total. The maximum atomic E-state index is 13.7. The molecule has 4 rings (SSSR count). The van der Waals surface area contributed by atoms with E-state index in [0.29, 0.717) is 28.2 Å². The molecule has 2 aromatic heterocycles. The number of carbonyl (C=O) groups is 1. The van der Waals surface area contributed by atoms with Crippen LogP contribution >= 0.6 is 0 Å². The Labute approximate surface area is 178 Å². The molecule has 2 heterocycles. The van der Waals surface area contributed by atoms with Crippen LogP contribution in [0.15, 0.2) is 46.9 Å². The number of nitrogens with zero attached hydrogens (tertiary/aromatic N) is 4. The number of benzene rings is 2. The minimum Gasteiger partial charge on any atom is -0.459 e. The van der Waals surface area contributed by atoms with E-state index in [-0.39, 0.29) is 23.8 Å². The van der Waals surface area contributed by atoms with Crippen molar-refractivity contribution in [3.8, 4) is 11.4 Å². The van der Waals surface area contributed by atoms with Crippen LogP contribution in [0.3, 0.4) is 0 Å². The lowest BCUT2D eigenvalue weighted by Crippen LogP contribution is -2.35. The summed E-state index contributed by atoms with van der Waals surface area (Å²) in [4.78, 5) is 12.8. The van der Waals surface area contributed by atoms with E-state index in [1.165, 1.54) is 12.1 Å². The molecule has 0 radical (unpaired) electrons. The van der Waals surface area contributed by atoms with E-state index in [2.05, 4.69) is 26.2 Å². The van der Waals surface area contributed by atoms with Crippen LogP contribution in [-0.4, -0.2) is 26.2 Å². The molecule has 8 nitrogen and oxygen atoms in total. The van der Waals surface area contributed by atoms with E-state index in [1.807, 2.05) is 32.9 Å². The lowest BCUT2D eigenvalue weighted by Gasteiger charge is -2.21. The smallest absolute Gasteiger partial charge is 0.319 e. The number of nitrogens with one attached hydrogen (secondary N) is 2. The highest BCUT2D eigenvalue weighted by molar-refractivity contribution is 5.90. The first-order valence-electron chi connectivity index (χ1n) is 9.92. The lowest BCUT2D eigenvalue weighted by atomic mass is 9.98.